The molecule has 2 N–H and O–H groups in total. The Balaban J connectivity index is 1.33. The summed E-state index contributed by atoms with van der Waals surface area (Å²) in [6.45, 7) is 2.02. The highest BCUT2D eigenvalue weighted by Gasteiger charge is 2.31. The predicted octanol–water partition coefficient (Wildman–Crippen LogP) is 3.87. The molecule has 5 rings (SSSR count). The number of fused-ring (bicyclic) bond motifs is 3. The fraction of sp³-hybridized carbons (Fsp3) is 0.423. The van der Waals surface area contributed by atoms with Crippen molar-refractivity contribution in [1.29, 1.82) is 0 Å². The summed E-state index contributed by atoms with van der Waals surface area (Å²) in [5.74, 6) is 5.06. The topological polar surface area (TPSA) is 90.5 Å². The third kappa shape index (κ3) is 4.57. The first kappa shape index (κ1) is 22.9. The standard InChI is InChI=1S/C26H30N4O3S/c27-33-26(32)19-8-6-17(7-9-19)14-24(31)29-12-10-21-22-5-2-11-28-25(22)30(23(21)16-29)15-18-3-1-4-20(34)13-18/h1-5,11,13,17,19,34H,6-10,12,14-16,27H2. The summed E-state index contributed by atoms with van der Waals surface area (Å²) in [6.07, 6.45) is 6.38. The van der Waals surface area contributed by atoms with Gasteiger partial charge in [0.25, 0.3) is 0 Å². The third-order valence-corrected chi connectivity index (χ3v) is 7.66. The van der Waals surface area contributed by atoms with Crippen molar-refractivity contribution in [2.45, 2.75) is 56.5 Å². The molecule has 178 valence electrons. The van der Waals surface area contributed by atoms with Gasteiger partial charge in [0.05, 0.1) is 12.5 Å². The number of hydrogen-bond acceptors (Lipinski definition) is 6. The molecule has 0 radical (unpaired) electrons. The van der Waals surface area contributed by atoms with E-state index < -0.39 is 0 Å². The van der Waals surface area contributed by atoms with Gasteiger partial charge in [-0.15, -0.1) is 12.6 Å². The van der Waals surface area contributed by atoms with Gasteiger partial charge in [0.2, 0.25) is 5.91 Å². The maximum atomic E-state index is 13.3. The Morgan fingerprint density at radius 2 is 1.97 bits per heavy atom. The Kier molecular flexibility index (Phi) is 6.61. The molecule has 34 heavy (non-hydrogen) atoms. The number of amides is 1. The molecule has 8 heteroatoms. The van der Waals surface area contributed by atoms with Gasteiger partial charge in [0, 0.05) is 41.7 Å². The lowest BCUT2D eigenvalue weighted by Crippen LogP contribution is -2.38. The first-order valence-electron chi connectivity index (χ1n) is 11.9. The molecular formula is C26H30N4O3S. The van der Waals surface area contributed by atoms with Gasteiger partial charge in [-0.05, 0) is 73.4 Å². The molecule has 0 bridgehead atoms. The van der Waals surface area contributed by atoms with Crippen LogP contribution in [0.5, 0.6) is 0 Å². The van der Waals surface area contributed by atoms with Crippen LogP contribution in [0.4, 0.5) is 0 Å². The maximum absolute atomic E-state index is 13.3. The van der Waals surface area contributed by atoms with E-state index in [1.54, 1.807) is 0 Å². The highest BCUT2D eigenvalue weighted by Crippen LogP contribution is 2.34. The largest absolute Gasteiger partial charge is 0.373 e. The first-order valence-corrected chi connectivity index (χ1v) is 12.4. The molecule has 1 fully saturated rings. The van der Waals surface area contributed by atoms with E-state index in [9.17, 15) is 9.59 Å². The number of nitrogens with zero attached hydrogens (tertiary/aromatic N) is 3. The number of aromatic nitrogens is 2. The Labute approximate surface area is 204 Å². The van der Waals surface area contributed by atoms with Crippen LogP contribution in [-0.2, 0) is 33.9 Å². The molecule has 1 aliphatic heterocycles. The summed E-state index contributed by atoms with van der Waals surface area (Å²) in [6, 6.07) is 12.3. The molecule has 0 saturated heterocycles. The fourth-order valence-corrected chi connectivity index (χ4v) is 5.81. The second kappa shape index (κ2) is 9.80. The van der Waals surface area contributed by atoms with Gasteiger partial charge in [0.15, 0.2) is 0 Å². The number of carbonyl (C=O) groups is 2. The molecule has 0 spiro atoms. The second-order valence-corrected chi connectivity index (χ2v) is 10.00. The molecule has 2 aromatic heterocycles. The SMILES string of the molecule is NOC(=O)C1CCC(CC(=O)N2CCc3c(n(Cc4cccc(S)c4)c4ncccc34)C2)CC1. The number of nitrogens with two attached hydrogens (primary N) is 1. The minimum Gasteiger partial charge on any atom is -0.373 e. The Morgan fingerprint density at radius 3 is 2.74 bits per heavy atom. The second-order valence-electron chi connectivity index (χ2n) is 9.48. The number of rotatable bonds is 5. The van der Waals surface area contributed by atoms with Crippen molar-refractivity contribution in [1.82, 2.24) is 14.5 Å². The number of thiol groups is 1. The smallest absolute Gasteiger partial charge is 0.327 e. The van der Waals surface area contributed by atoms with E-state index in [1.807, 2.05) is 29.3 Å². The Hall–Kier alpha value is -2.84. The third-order valence-electron chi connectivity index (χ3n) is 7.38. The summed E-state index contributed by atoms with van der Waals surface area (Å²) in [4.78, 5) is 36.9. The van der Waals surface area contributed by atoms with E-state index in [4.69, 9.17) is 10.9 Å². The van der Waals surface area contributed by atoms with Crippen LogP contribution in [0.1, 0.15) is 48.9 Å². The average molecular weight is 479 g/mol. The van der Waals surface area contributed by atoms with Crippen LogP contribution < -0.4 is 5.90 Å². The molecule has 0 unspecified atom stereocenters. The highest BCUT2D eigenvalue weighted by molar-refractivity contribution is 7.80. The molecule has 1 amide bonds. The van der Waals surface area contributed by atoms with Crippen LogP contribution >= 0.6 is 12.6 Å². The van der Waals surface area contributed by atoms with Gasteiger partial charge in [-0.2, -0.15) is 5.90 Å². The maximum Gasteiger partial charge on any atom is 0.327 e. The molecule has 3 heterocycles. The molecule has 2 aliphatic rings. The van der Waals surface area contributed by atoms with E-state index in [2.05, 4.69) is 40.2 Å². The van der Waals surface area contributed by atoms with Gasteiger partial charge < -0.3 is 14.3 Å². The van der Waals surface area contributed by atoms with Gasteiger partial charge in [-0.25, -0.2) is 4.98 Å². The number of hydrogen-bond donors (Lipinski definition) is 2. The zero-order valence-electron chi connectivity index (χ0n) is 19.2. The van der Waals surface area contributed by atoms with Crippen molar-refractivity contribution in [2.75, 3.05) is 6.54 Å². The highest BCUT2D eigenvalue weighted by atomic mass is 32.1. The lowest BCUT2D eigenvalue weighted by Gasteiger charge is -2.31. The van der Waals surface area contributed by atoms with Crippen molar-refractivity contribution in [3.63, 3.8) is 0 Å². The van der Waals surface area contributed by atoms with Crippen LogP contribution in [0.25, 0.3) is 11.0 Å². The van der Waals surface area contributed by atoms with E-state index in [0.717, 1.165) is 54.8 Å². The van der Waals surface area contributed by atoms with Crippen LogP contribution in [0.3, 0.4) is 0 Å². The van der Waals surface area contributed by atoms with Crippen molar-refractivity contribution in [2.24, 2.45) is 17.7 Å². The summed E-state index contributed by atoms with van der Waals surface area (Å²) in [5.41, 5.74) is 4.60. The van der Waals surface area contributed by atoms with Crippen LogP contribution in [-0.4, -0.2) is 32.9 Å². The number of benzene rings is 1. The lowest BCUT2D eigenvalue weighted by atomic mass is 9.80. The summed E-state index contributed by atoms with van der Waals surface area (Å²) < 4.78 is 2.26. The minimum absolute atomic E-state index is 0.132. The average Bonchev–Trinajstić information content (AvgIpc) is 3.17. The van der Waals surface area contributed by atoms with Gasteiger partial charge in [0.1, 0.15) is 5.65 Å². The number of pyridine rings is 1. The van der Waals surface area contributed by atoms with Crippen molar-refractivity contribution < 1.29 is 14.4 Å². The van der Waals surface area contributed by atoms with Crippen molar-refractivity contribution >= 4 is 35.5 Å². The molecule has 7 nitrogen and oxygen atoms in total. The molecule has 0 atom stereocenters. The van der Waals surface area contributed by atoms with Crippen LogP contribution in [0.2, 0.25) is 0 Å². The molecule has 1 saturated carbocycles. The van der Waals surface area contributed by atoms with Gasteiger partial charge >= 0.3 is 5.97 Å². The fourth-order valence-electron chi connectivity index (χ4n) is 5.56. The monoisotopic (exact) mass is 478 g/mol. The predicted molar refractivity (Wildman–Crippen MR) is 132 cm³/mol. The molecule has 1 aromatic carbocycles. The first-order chi connectivity index (χ1) is 16.5. The normalized spacial score (nSPS) is 20.2. The van der Waals surface area contributed by atoms with Crippen molar-refractivity contribution in [3.8, 4) is 0 Å². The molecular weight excluding hydrogens is 448 g/mol. The van der Waals surface area contributed by atoms with E-state index in [1.165, 1.54) is 16.6 Å². The van der Waals surface area contributed by atoms with E-state index in [-0.39, 0.29) is 17.8 Å². The van der Waals surface area contributed by atoms with E-state index >= 15 is 0 Å². The Morgan fingerprint density at radius 1 is 1.15 bits per heavy atom. The summed E-state index contributed by atoms with van der Waals surface area (Å²) >= 11 is 4.49. The zero-order chi connectivity index (χ0) is 23.7. The van der Waals surface area contributed by atoms with Crippen molar-refractivity contribution in [3.05, 3.63) is 59.4 Å². The van der Waals surface area contributed by atoms with Crippen LogP contribution in [0.15, 0.2) is 47.5 Å². The summed E-state index contributed by atoms with van der Waals surface area (Å²) in [5, 5.41) is 1.18. The summed E-state index contributed by atoms with van der Waals surface area (Å²) in [7, 11) is 0. The van der Waals surface area contributed by atoms with Gasteiger partial charge in [-0.3, -0.25) is 9.59 Å². The van der Waals surface area contributed by atoms with Crippen LogP contribution in [0, 0.1) is 11.8 Å². The minimum atomic E-state index is -0.335. The molecule has 1 aliphatic carbocycles. The van der Waals surface area contributed by atoms with E-state index in [0.29, 0.717) is 25.4 Å². The quantitative estimate of drug-likeness (QED) is 0.429. The zero-order valence-corrected chi connectivity index (χ0v) is 20.0. The van der Waals surface area contributed by atoms with Gasteiger partial charge in [-0.1, -0.05) is 12.1 Å². The molecule has 3 aromatic rings. The Bertz CT molecular complexity index is 1220. The lowest BCUT2D eigenvalue weighted by molar-refractivity contribution is -0.150. The number of carbonyl (C=O) groups excluding carboxylic acids is 2.